The molecule has 4 heterocycles. The number of benzene rings is 15. The van der Waals surface area contributed by atoms with Gasteiger partial charge in [0.05, 0.1) is 44.4 Å². The summed E-state index contributed by atoms with van der Waals surface area (Å²) >= 11 is 0. The number of rotatable bonds is 8. The zero-order chi connectivity index (χ0) is 71.3. The van der Waals surface area contributed by atoms with Gasteiger partial charge in [0, 0.05) is 65.5 Å². The SMILES string of the molecule is CC1(C)c2ccccc2-c2ccc3nc(-c4cccc(-c5ccc6c(c5)-c5ccccc5C6(c5ccccc5)c5ccccc5)c4)nc(-c4ccccc4)c3c21.CC1(C)c2ccccc2-c2ccc3nc(-c4cccc5c4oc4ccc6c(c7ccccc7n6-c6ccccc6)c45)nc(-c4ccccc4)c3c21. The largest absolute Gasteiger partial charge is 0.455 e. The molecule has 19 aromatic rings. The smallest absolute Gasteiger partial charge is 0.164 e. The molecule has 0 bridgehead atoms. The predicted molar refractivity (Wildman–Crippen MR) is 440 cm³/mol. The van der Waals surface area contributed by atoms with Gasteiger partial charge in [0.1, 0.15) is 11.2 Å². The molecule has 0 fully saturated rings. The fourth-order valence-electron chi connectivity index (χ4n) is 18.7. The van der Waals surface area contributed by atoms with Gasteiger partial charge in [-0.2, -0.15) is 0 Å². The van der Waals surface area contributed by atoms with Gasteiger partial charge in [0.2, 0.25) is 0 Å². The summed E-state index contributed by atoms with van der Waals surface area (Å²) in [6.45, 7) is 9.32. The molecular weight excluding hydrogens is 1300 g/mol. The number of fused-ring (bicyclic) bond motifs is 20. The maximum absolute atomic E-state index is 6.83. The van der Waals surface area contributed by atoms with Crippen molar-refractivity contribution in [2.24, 2.45) is 0 Å². The molecule has 0 amide bonds. The Kier molecular flexibility index (Phi) is 13.8. The maximum Gasteiger partial charge on any atom is 0.164 e. The van der Waals surface area contributed by atoms with E-state index >= 15 is 0 Å². The van der Waals surface area contributed by atoms with Gasteiger partial charge < -0.3 is 8.98 Å². The summed E-state index contributed by atoms with van der Waals surface area (Å²) in [7, 11) is 0. The molecule has 0 saturated carbocycles. The topological polar surface area (TPSA) is 69.6 Å². The van der Waals surface area contributed by atoms with Crippen molar-refractivity contribution in [3.63, 3.8) is 0 Å². The van der Waals surface area contributed by atoms with Crippen LogP contribution in [0.15, 0.2) is 350 Å². The number of hydrogen-bond acceptors (Lipinski definition) is 5. The molecule has 0 atom stereocenters. The Balaban J connectivity index is 0.000000138. The first-order valence-corrected chi connectivity index (χ1v) is 37.0. The summed E-state index contributed by atoms with van der Waals surface area (Å²) < 4.78 is 9.18. The zero-order valence-electron chi connectivity index (χ0n) is 59.6. The third kappa shape index (κ3) is 9.25. The van der Waals surface area contributed by atoms with Crippen molar-refractivity contribution < 1.29 is 4.42 Å². The Morgan fingerprint density at radius 1 is 0.280 bits per heavy atom. The van der Waals surface area contributed by atoms with E-state index < -0.39 is 5.41 Å². The Morgan fingerprint density at radius 3 is 1.36 bits per heavy atom. The summed E-state index contributed by atoms with van der Waals surface area (Å²) in [6, 6.07) is 124. The summed E-state index contributed by atoms with van der Waals surface area (Å²) in [5.41, 5.74) is 32.5. The van der Waals surface area contributed by atoms with E-state index in [1.165, 1.54) is 99.7 Å². The minimum Gasteiger partial charge on any atom is -0.455 e. The van der Waals surface area contributed by atoms with E-state index in [9.17, 15) is 0 Å². The van der Waals surface area contributed by atoms with Crippen molar-refractivity contribution in [2.45, 2.75) is 43.9 Å². The van der Waals surface area contributed by atoms with Crippen LogP contribution in [0.3, 0.4) is 0 Å². The Hall–Kier alpha value is -13.4. The van der Waals surface area contributed by atoms with Gasteiger partial charge in [-0.1, -0.05) is 313 Å². The third-order valence-corrected chi connectivity index (χ3v) is 23.3. The second kappa shape index (κ2) is 23.8. The van der Waals surface area contributed by atoms with E-state index in [2.05, 4.69) is 378 Å². The molecule has 0 aliphatic heterocycles. The number of furan rings is 1. The van der Waals surface area contributed by atoms with Crippen LogP contribution >= 0.6 is 0 Å². The highest BCUT2D eigenvalue weighted by Crippen LogP contribution is 2.59. The average molecular weight is 1370 g/mol. The monoisotopic (exact) mass is 1370 g/mol. The number of para-hydroxylation sites is 3. The molecule has 22 rings (SSSR count). The van der Waals surface area contributed by atoms with Crippen molar-refractivity contribution >= 4 is 65.6 Å². The van der Waals surface area contributed by atoms with E-state index in [0.29, 0.717) is 5.82 Å². The van der Waals surface area contributed by atoms with Crippen LogP contribution < -0.4 is 0 Å². The molecule has 107 heavy (non-hydrogen) atoms. The van der Waals surface area contributed by atoms with Crippen molar-refractivity contribution in [3.05, 3.63) is 390 Å². The molecule has 4 aromatic heterocycles. The lowest BCUT2D eigenvalue weighted by atomic mass is 9.67. The van der Waals surface area contributed by atoms with Crippen molar-refractivity contribution in [2.75, 3.05) is 0 Å². The summed E-state index contributed by atoms with van der Waals surface area (Å²) in [5, 5.41) is 6.78. The van der Waals surface area contributed by atoms with Crippen LogP contribution in [0.4, 0.5) is 0 Å². The molecule has 504 valence electrons. The molecule has 3 aliphatic rings. The van der Waals surface area contributed by atoms with Gasteiger partial charge in [-0.15, -0.1) is 0 Å². The second-order valence-electron chi connectivity index (χ2n) is 29.8. The lowest BCUT2D eigenvalue weighted by Gasteiger charge is -2.33. The van der Waals surface area contributed by atoms with E-state index in [1.54, 1.807) is 0 Å². The fourth-order valence-corrected chi connectivity index (χ4v) is 18.7. The van der Waals surface area contributed by atoms with Crippen molar-refractivity contribution in [3.8, 4) is 95.5 Å². The fraction of sp³-hybridized carbons (Fsp3) is 0.0693. The van der Waals surface area contributed by atoms with Gasteiger partial charge >= 0.3 is 0 Å². The highest BCUT2D eigenvalue weighted by atomic mass is 16.3. The normalized spacial score (nSPS) is 13.8. The molecule has 0 unspecified atom stereocenters. The van der Waals surface area contributed by atoms with Crippen LogP contribution in [-0.4, -0.2) is 24.5 Å². The van der Waals surface area contributed by atoms with Gasteiger partial charge in [-0.3, -0.25) is 0 Å². The highest BCUT2D eigenvalue weighted by molar-refractivity contribution is 6.28. The summed E-state index contributed by atoms with van der Waals surface area (Å²) in [4.78, 5) is 21.6. The summed E-state index contributed by atoms with van der Waals surface area (Å²) in [5.74, 6) is 1.38. The van der Waals surface area contributed by atoms with Crippen LogP contribution in [0.2, 0.25) is 0 Å². The van der Waals surface area contributed by atoms with Gasteiger partial charge in [-0.05, 0) is 150 Å². The predicted octanol–water partition coefficient (Wildman–Crippen LogP) is 25.6. The minimum absolute atomic E-state index is 0.190. The second-order valence-corrected chi connectivity index (χ2v) is 29.8. The van der Waals surface area contributed by atoms with Crippen LogP contribution in [-0.2, 0) is 16.2 Å². The number of hydrogen-bond donors (Lipinski definition) is 0. The minimum atomic E-state index is -0.419. The average Bonchev–Trinajstić information content (AvgIpc) is 1.57. The summed E-state index contributed by atoms with van der Waals surface area (Å²) in [6.07, 6.45) is 0. The van der Waals surface area contributed by atoms with Gasteiger partial charge in [0.15, 0.2) is 11.6 Å². The van der Waals surface area contributed by atoms with Crippen molar-refractivity contribution in [1.82, 2.24) is 24.5 Å². The molecule has 0 spiro atoms. The molecule has 0 N–H and O–H groups in total. The Labute approximate surface area is 620 Å². The molecular formula is C101H69N5O. The van der Waals surface area contributed by atoms with E-state index in [0.717, 1.165) is 100.0 Å². The van der Waals surface area contributed by atoms with Gasteiger partial charge in [-0.25, -0.2) is 19.9 Å². The standard InChI is InChI=1S/C54H38N2.C47H31N3O/c1-53(2)45-27-14-12-25-41(45)43-30-32-48-49(50(43)53)51(35-17-6-3-7-18-35)56-52(55-48)38-20-16-19-36(33-38)37-29-31-47-44(34-37)42-26-13-15-28-46(42)54(47,39-21-8-4-9-22-39)40-23-10-5-11-24-40;1-47(2)35-22-11-9-18-30(35)31-24-25-36-42(43(31)47)44(28-14-5-3-6-15-28)49-46(48-36)34-21-13-20-33-41-39(51-45(33)34)27-26-38-40(41)32-19-10-12-23-37(32)50(38)29-16-7-4-8-17-29/h3-34H,1-2H3;3-27H,1-2H3. The van der Waals surface area contributed by atoms with Crippen LogP contribution in [0, 0.1) is 0 Å². The molecule has 6 nitrogen and oxygen atoms in total. The van der Waals surface area contributed by atoms with Crippen molar-refractivity contribution in [1.29, 1.82) is 0 Å². The molecule has 0 saturated heterocycles. The molecule has 15 aromatic carbocycles. The third-order valence-electron chi connectivity index (χ3n) is 23.3. The van der Waals surface area contributed by atoms with Crippen LogP contribution in [0.25, 0.3) is 161 Å². The number of aromatic nitrogens is 5. The molecule has 0 radical (unpaired) electrons. The van der Waals surface area contributed by atoms with E-state index in [-0.39, 0.29) is 10.8 Å². The zero-order valence-corrected chi connectivity index (χ0v) is 59.6. The first-order chi connectivity index (χ1) is 52.6. The first-order valence-electron chi connectivity index (χ1n) is 37.0. The van der Waals surface area contributed by atoms with E-state index in [4.69, 9.17) is 24.4 Å². The molecule has 3 aliphatic carbocycles. The quantitative estimate of drug-likeness (QED) is 0.152. The lowest BCUT2D eigenvalue weighted by Crippen LogP contribution is -2.28. The first kappa shape index (κ1) is 62.2. The Bertz CT molecular complexity index is 6810. The number of nitrogens with zero attached hydrogens (tertiary/aromatic N) is 5. The Morgan fingerprint density at radius 2 is 0.738 bits per heavy atom. The molecule has 6 heteroatoms. The van der Waals surface area contributed by atoms with Gasteiger partial charge in [0.25, 0.3) is 0 Å². The maximum atomic E-state index is 6.83. The van der Waals surface area contributed by atoms with E-state index in [1.807, 2.05) is 0 Å². The van der Waals surface area contributed by atoms with Crippen LogP contribution in [0.1, 0.15) is 72.2 Å². The lowest BCUT2D eigenvalue weighted by molar-refractivity contribution is 0.666. The highest BCUT2D eigenvalue weighted by Gasteiger charge is 2.46. The van der Waals surface area contributed by atoms with Crippen LogP contribution in [0.5, 0.6) is 0 Å².